The minimum Gasteiger partial charge on any atom is -0.494 e. The molecule has 1 unspecified atom stereocenters. The third-order valence-corrected chi connectivity index (χ3v) is 6.50. The first-order valence-electron chi connectivity index (χ1n) is 11.7. The van der Waals surface area contributed by atoms with Gasteiger partial charge in [-0.05, 0) is 67.2 Å². The molecule has 0 aliphatic heterocycles. The van der Waals surface area contributed by atoms with Crippen molar-refractivity contribution >= 4 is 22.4 Å². The molecule has 1 aliphatic rings. The normalized spacial score (nSPS) is 15.1. The topological polar surface area (TPSA) is 57.4 Å². The summed E-state index contributed by atoms with van der Waals surface area (Å²) in [5.41, 5.74) is 5.84. The Hall–Kier alpha value is -3.12. The lowest BCUT2D eigenvalue weighted by Crippen LogP contribution is -2.39. The van der Waals surface area contributed by atoms with E-state index in [9.17, 15) is 9.18 Å². The second-order valence-electron chi connectivity index (χ2n) is 8.45. The van der Waals surface area contributed by atoms with E-state index >= 15 is 0 Å². The molecule has 1 heterocycles. The van der Waals surface area contributed by atoms with Crippen LogP contribution in [0.25, 0.3) is 16.5 Å². The predicted molar refractivity (Wildman–Crippen MR) is 131 cm³/mol. The molecule has 2 aromatic carbocycles. The number of allylic oxidation sites excluding steroid dienone is 1. The van der Waals surface area contributed by atoms with Gasteiger partial charge in [0.1, 0.15) is 0 Å². The summed E-state index contributed by atoms with van der Waals surface area (Å²) in [6.45, 7) is 6.42. The zero-order valence-corrected chi connectivity index (χ0v) is 19.6. The van der Waals surface area contributed by atoms with Gasteiger partial charge in [-0.3, -0.25) is 4.79 Å². The number of ether oxygens (including phenoxy) is 1. The molecule has 1 aromatic heterocycles. The summed E-state index contributed by atoms with van der Waals surface area (Å²) in [5.74, 6) is -0.303. The fraction of sp³-hybridized carbons (Fsp3) is 0.370. The molecule has 0 saturated carbocycles. The third kappa shape index (κ3) is 4.81. The van der Waals surface area contributed by atoms with E-state index in [0.29, 0.717) is 26.2 Å². The van der Waals surface area contributed by atoms with Gasteiger partial charge in [0.15, 0.2) is 11.6 Å². The summed E-state index contributed by atoms with van der Waals surface area (Å²) in [6.07, 6.45) is 6.14. The molecule has 0 radical (unpaired) electrons. The Morgan fingerprint density at radius 1 is 1.24 bits per heavy atom. The molecule has 0 saturated heterocycles. The van der Waals surface area contributed by atoms with Gasteiger partial charge < -0.3 is 19.9 Å². The first-order valence-corrected chi connectivity index (χ1v) is 11.7. The predicted octanol–water partition coefficient (Wildman–Crippen LogP) is 4.92. The Morgan fingerprint density at radius 2 is 2.06 bits per heavy atom. The van der Waals surface area contributed by atoms with Crippen LogP contribution in [-0.2, 0) is 17.8 Å². The van der Waals surface area contributed by atoms with Crippen LogP contribution in [0.1, 0.15) is 37.0 Å². The van der Waals surface area contributed by atoms with Gasteiger partial charge in [0.05, 0.1) is 13.0 Å². The number of halogens is 1. The lowest BCUT2D eigenvalue weighted by atomic mass is 9.86. The van der Waals surface area contributed by atoms with Crippen LogP contribution in [0.2, 0.25) is 0 Å². The highest BCUT2D eigenvalue weighted by Crippen LogP contribution is 2.36. The molecule has 1 amide bonds. The van der Waals surface area contributed by atoms with Crippen molar-refractivity contribution in [3.05, 3.63) is 71.2 Å². The Balaban J connectivity index is 1.58. The van der Waals surface area contributed by atoms with E-state index in [-0.39, 0.29) is 23.4 Å². The SMILES string of the molecule is CCN(CC)C(=O)C(/C=C1\CCc2c[nH]c3cccc1c23)CNCc1ccc(F)c(OC)c1. The van der Waals surface area contributed by atoms with Crippen molar-refractivity contribution in [3.8, 4) is 5.75 Å². The highest BCUT2D eigenvalue weighted by atomic mass is 19.1. The van der Waals surface area contributed by atoms with E-state index in [4.69, 9.17) is 4.74 Å². The van der Waals surface area contributed by atoms with Gasteiger partial charge in [0, 0.05) is 43.3 Å². The molecule has 1 atom stereocenters. The molecule has 33 heavy (non-hydrogen) atoms. The number of hydrogen-bond donors (Lipinski definition) is 2. The Morgan fingerprint density at radius 3 is 2.82 bits per heavy atom. The second-order valence-corrected chi connectivity index (χ2v) is 8.45. The molecule has 0 fully saturated rings. The maximum atomic E-state index is 13.7. The summed E-state index contributed by atoms with van der Waals surface area (Å²) >= 11 is 0. The van der Waals surface area contributed by atoms with Crippen LogP contribution in [0.4, 0.5) is 4.39 Å². The highest BCUT2D eigenvalue weighted by molar-refractivity contribution is 5.97. The monoisotopic (exact) mass is 449 g/mol. The maximum Gasteiger partial charge on any atom is 0.230 e. The van der Waals surface area contributed by atoms with Crippen molar-refractivity contribution in [1.82, 2.24) is 15.2 Å². The summed E-state index contributed by atoms with van der Waals surface area (Å²) in [6, 6.07) is 11.2. The average Bonchev–Trinajstić information content (AvgIpc) is 3.26. The average molecular weight is 450 g/mol. The third-order valence-electron chi connectivity index (χ3n) is 6.50. The molecule has 3 aromatic rings. The summed E-state index contributed by atoms with van der Waals surface area (Å²) in [7, 11) is 1.46. The zero-order chi connectivity index (χ0) is 23.4. The van der Waals surface area contributed by atoms with E-state index in [1.54, 1.807) is 12.1 Å². The summed E-state index contributed by atoms with van der Waals surface area (Å²) in [5, 5.41) is 4.68. The number of hydrogen-bond acceptors (Lipinski definition) is 3. The van der Waals surface area contributed by atoms with Crippen LogP contribution in [0.5, 0.6) is 5.75 Å². The number of benzene rings is 2. The van der Waals surface area contributed by atoms with Gasteiger partial charge in [-0.15, -0.1) is 0 Å². The highest BCUT2D eigenvalue weighted by Gasteiger charge is 2.24. The number of carbonyl (C=O) groups is 1. The molecule has 1 aliphatic carbocycles. The number of nitrogens with zero attached hydrogens (tertiary/aromatic N) is 1. The lowest BCUT2D eigenvalue weighted by molar-refractivity contribution is -0.133. The fourth-order valence-corrected chi connectivity index (χ4v) is 4.71. The van der Waals surface area contributed by atoms with Crippen LogP contribution in [0, 0.1) is 11.7 Å². The number of H-pyrrole nitrogens is 1. The number of aromatic amines is 1. The quantitative estimate of drug-likeness (QED) is 0.488. The minimum absolute atomic E-state index is 0.128. The van der Waals surface area contributed by atoms with E-state index in [1.807, 2.05) is 18.7 Å². The molecule has 4 rings (SSSR count). The molecule has 2 N–H and O–H groups in total. The van der Waals surface area contributed by atoms with E-state index < -0.39 is 0 Å². The Kier molecular flexibility index (Phi) is 7.14. The fourth-order valence-electron chi connectivity index (χ4n) is 4.71. The van der Waals surface area contributed by atoms with E-state index in [2.05, 4.69) is 40.8 Å². The second kappa shape index (κ2) is 10.2. The number of aromatic nitrogens is 1. The van der Waals surface area contributed by atoms with Crippen LogP contribution < -0.4 is 10.1 Å². The van der Waals surface area contributed by atoms with Gasteiger partial charge in [0.25, 0.3) is 0 Å². The molecule has 174 valence electrons. The smallest absolute Gasteiger partial charge is 0.230 e. The van der Waals surface area contributed by atoms with Gasteiger partial charge >= 0.3 is 0 Å². The zero-order valence-electron chi connectivity index (χ0n) is 19.6. The minimum atomic E-state index is -0.379. The largest absolute Gasteiger partial charge is 0.494 e. The molecule has 6 heteroatoms. The van der Waals surface area contributed by atoms with Crippen molar-refractivity contribution < 1.29 is 13.9 Å². The number of nitrogens with one attached hydrogen (secondary N) is 2. The summed E-state index contributed by atoms with van der Waals surface area (Å²) < 4.78 is 18.8. The van der Waals surface area contributed by atoms with Crippen LogP contribution in [0.15, 0.2) is 48.7 Å². The number of carbonyl (C=O) groups excluding carboxylic acids is 1. The van der Waals surface area contributed by atoms with Crippen molar-refractivity contribution in [2.24, 2.45) is 5.92 Å². The van der Waals surface area contributed by atoms with Gasteiger partial charge in [0.2, 0.25) is 5.91 Å². The van der Waals surface area contributed by atoms with Crippen molar-refractivity contribution in [2.45, 2.75) is 33.2 Å². The van der Waals surface area contributed by atoms with Crippen molar-refractivity contribution in [2.75, 3.05) is 26.7 Å². The first-order chi connectivity index (χ1) is 16.0. The van der Waals surface area contributed by atoms with Crippen molar-refractivity contribution in [1.29, 1.82) is 0 Å². The molecule has 5 nitrogen and oxygen atoms in total. The number of amides is 1. The Labute approximate surface area is 194 Å². The lowest BCUT2D eigenvalue weighted by Gasteiger charge is -2.25. The van der Waals surface area contributed by atoms with Crippen LogP contribution in [0.3, 0.4) is 0 Å². The van der Waals surface area contributed by atoms with E-state index in [0.717, 1.165) is 23.9 Å². The first kappa shape index (κ1) is 23.1. The van der Waals surface area contributed by atoms with Crippen molar-refractivity contribution in [3.63, 3.8) is 0 Å². The van der Waals surface area contributed by atoms with Crippen LogP contribution in [-0.4, -0.2) is 42.5 Å². The molecule has 0 bridgehead atoms. The number of aryl methyl sites for hydroxylation is 1. The maximum absolute atomic E-state index is 13.7. The molecular formula is C27H32FN3O2. The summed E-state index contributed by atoms with van der Waals surface area (Å²) in [4.78, 5) is 18.6. The van der Waals surface area contributed by atoms with E-state index in [1.165, 1.54) is 35.3 Å². The van der Waals surface area contributed by atoms with Gasteiger partial charge in [-0.2, -0.15) is 0 Å². The van der Waals surface area contributed by atoms with Gasteiger partial charge in [-0.25, -0.2) is 4.39 Å². The standard InChI is InChI=1S/C27H32FN3O2/c1-4-31(5-2)27(32)21(16-29-15-18-9-12-23(28)25(13-18)33-3)14-19-10-11-20-17-30-24-8-6-7-22(19)26(20)24/h6-9,12-14,17,21,29-30H,4-5,10-11,15-16H2,1-3H3/b19-14+. The Bertz CT molecular complexity index is 1160. The molecular weight excluding hydrogens is 417 g/mol. The van der Waals surface area contributed by atoms with Gasteiger partial charge in [-0.1, -0.05) is 24.3 Å². The number of methoxy groups -OCH3 is 1. The van der Waals surface area contributed by atoms with Crippen LogP contribution >= 0.6 is 0 Å². The number of rotatable bonds is 9. The molecule has 0 spiro atoms.